The number of carbonyl (C=O) groups is 2. The summed E-state index contributed by atoms with van der Waals surface area (Å²) in [6.07, 6.45) is 4.47. The monoisotopic (exact) mass is 518 g/mol. The lowest BCUT2D eigenvalue weighted by Crippen LogP contribution is -2.55. The van der Waals surface area contributed by atoms with Crippen molar-refractivity contribution in [1.29, 1.82) is 5.26 Å². The number of imidazole rings is 1. The Hall–Kier alpha value is -4.74. The predicted molar refractivity (Wildman–Crippen MR) is 147 cm³/mol. The van der Waals surface area contributed by atoms with E-state index in [0.717, 1.165) is 22.4 Å². The van der Waals surface area contributed by atoms with Crippen LogP contribution in [-0.4, -0.2) is 38.3 Å². The summed E-state index contributed by atoms with van der Waals surface area (Å²) in [6.45, 7) is 1.70. The highest BCUT2D eigenvalue weighted by molar-refractivity contribution is 5.89. The van der Waals surface area contributed by atoms with E-state index in [9.17, 15) is 9.59 Å². The van der Waals surface area contributed by atoms with Crippen molar-refractivity contribution in [2.75, 3.05) is 0 Å². The second-order valence-corrected chi connectivity index (χ2v) is 9.87. The van der Waals surface area contributed by atoms with Crippen molar-refractivity contribution in [3.8, 4) is 6.07 Å². The molecular weight excluding hydrogens is 488 g/mol. The van der Waals surface area contributed by atoms with Crippen molar-refractivity contribution in [1.82, 2.24) is 19.8 Å². The highest BCUT2D eigenvalue weighted by Gasteiger charge is 2.34. The number of nitrogens with zero attached hydrogens (tertiary/aromatic N) is 4. The number of fused-ring (bicyclic) bond motifs is 1. The van der Waals surface area contributed by atoms with Crippen LogP contribution < -0.4 is 11.1 Å². The summed E-state index contributed by atoms with van der Waals surface area (Å²) in [5.41, 5.74) is 11.6. The van der Waals surface area contributed by atoms with Crippen LogP contribution in [-0.2, 0) is 42.1 Å². The molecule has 1 aliphatic rings. The van der Waals surface area contributed by atoms with Gasteiger partial charge in [-0.25, -0.2) is 4.98 Å². The second kappa shape index (κ2) is 11.8. The van der Waals surface area contributed by atoms with Gasteiger partial charge in [-0.3, -0.25) is 14.5 Å². The van der Waals surface area contributed by atoms with Crippen LogP contribution in [0.15, 0.2) is 91.4 Å². The van der Waals surface area contributed by atoms with E-state index in [1.54, 1.807) is 18.5 Å². The number of carbonyl (C=O) groups excluding carboxylic acids is 2. The van der Waals surface area contributed by atoms with Crippen LogP contribution in [0, 0.1) is 11.3 Å². The highest BCUT2D eigenvalue weighted by Crippen LogP contribution is 2.25. The molecule has 1 unspecified atom stereocenters. The number of primary amides is 1. The zero-order valence-corrected chi connectivity index (χ0v) is 21.5. The van der Waals surface area contributed by atoms with Crippen LogP contribution in [0.5, 0.6) is 0 Å². The van der Waals surface area contributed by atoms with Crippen molar-refractivity contribution in [3.63, 3.8) is 0 Å². The molecule has 5 rings (SSSR count). The molecule has 0 spiro atoms. The van der Waals surface area contributed by atoms with Gasteiger partial charge >= 0.3 is 0 Å². The number of amides is 2. The molecule has 39 heavy (non-hydrogen) atoms. The first-order chi connectivity index (χ1) is 19.0. The van der Waals surface area contributed by atoms with Gasteiger partial charge in [0, 0.05) is 32.3 Å². The van der Waals surface area contributed by atoms with Crippen LogP contribution in [0.25, 0.3) is 0 Å². The van der Waals surface area contributed by atoms with Crippen molar-refractivity contribution < 1.29 is 9.59 Å². The molecule has 8 nitrogen and oxygen atoms in total. The molecule has 2 atom stereocenters. The van der Waals surface area contributed by atoms with Crippen LogP contribution in [0.3, 0.4) is 0 Å². The molecule has 4 aromatic rings. The van der Waals surface area contributed by atoms with E-state index in [1.165, 1.54) is 5.56 Å². The van der Waals surface area contributed by atoms with Crippen LogP contribution in [0.2, 0.25) is 0 Å². The van der Waals surface area contributed by atoms with E-state index >= 15 is 0 Å². The van der Waals surface area contributed by atoms with E-state index in [2.05, 4.69) is 38.0 Å². The Kier molecular flexibility index (Phi) is 7.80. The fraction of sp³-hybridized carbons (Fsp3) is 0.226. The SMILES string of the molecule is N#Cc1ccc(Cn2cncc2CN2Cc3ccccc3CC2C(=O)N[C@@H](Cc2ccccc2)C(N)=O)cc1. The van der Waals surface area contributed by atoms with E-state index in [4.69, 9.17) is 11.0 Å². The summed E-state index contributed by atoms with van der Waals surface area (Å²) < 4.78 is 2.05. The van der Waals surface area contributed by atoms with Crippen molar-refractivity contribution in [2.24, 2.45) is 5.73 Å². The lowest BCUT2D eigenvalue weighted by molar-refractivity contribution is -0.131. The molecule has 0 bridgehead atoms. The molecule has 1 aliphatic heterocycles. The highest BCUT2D eigenvalue weighted by atomic mass is 16.2. The minimum Gasteiger partial charge on any atom is -0.368 e. The summed E-state index contributed by atoms with van der Waals surface area (Å²) in [6, 6.07) is 26.0. The molecule has 3 aromatic carbocycles. The smallest absolute Gasteiger partial charge is 0.240 e. The number of hydrogen-bond donors (Lipinski definition) is 2. The summed E-state index contributed by atoms with van der Waals surface area (Å²) >= 11 is 0. The van der Waals surface area contributed by atoms with Crippen molar-refractivity contribution >= 4 is 11.8 Å². The standard InChI is InChI=1S/C31H30N6O2/c32-16-23-10-12-24(13-11-23)18-37-21-34-17-27(37)20-36-19-26-9-5-4-8-25(26)15-29(36)31(39)35-28(30(33)38)14-22-6-2-1-3-7-22/h1-13,17,21,28-29H,14-15,18-20H2,(H2,33,38)(H,35,39)/t28-,29?/m0/s1. The zero-order valence-electron chi connectivity index (χ0n) is 21.5. The Morgan fingerprint density at radius 1 is 0.974 bits per heavy atom. The van der Waals surface area contributed by atoms with Crippen LogP contribution in [0.4, 0.5) is 0 Å². The van der Waals surface area contributed by atoms with E-state index in [0.29, 0.717) is 38.0 Å². The molecule has 0 aliphatic carbocycles. The number of aromatic nitrogens is 2. The Labute approximate surface area is 227 Å². The largest absolute Gasteiger partial charge is 0.368 e. The first-order valence-corrected chi connectivity index (χ1v) is 12.9. The molecule has 1 aromatic heterocycles. The lowest BCUT2D eigenvalue weighted by atomic mass is 9.93. The maximum Gasteiger partial charge on any atom is 0.240 e. The molecule has 0 radical (unpaired) electrons. The number of hydrogen-bond acceptors (Lipinski definition) is 5. The fourth-order valence-electron chi connectivity index (χ4n) is 5.05. The summed E-state index contributed by atoms with van der Waals surface area (Å²) in [5.74, 6) is -0.780. The van der Waals surface area contributed by atoms with Crippen LogP contribution in [0.1, 0.15) is 33.5 Å². The minimum atomic E-state index is -0.805. The Morgan fingerprint density at radius 3 is 2.41 bits per heavy atom. The summed E-state index contributed by atoms with van der Waals surface area (Å²) in [7, 11) is 0. The first kappa shape index (κ1) is 25.9. The molecule has 2 heterocycles. The second-order valence-electron chi connectivity index (χ2n) is 9.87. The van der Waals surface area contributed by atoms with Gasteiger partial charge in [-0.05, 0) is 40.8 Å². The molecule has 8 heteroatoms. The third kappa shape index (κ3) is 6.22. The lowest BCUT2D eigenvalue weighted by Gasteiger charge is -2.36. The molecule has 2 amide bonds. The van der Waals surface area contributed by atoms with Gasteiger partial charge in [0.25, 0.3) is 0 Å². The number of nitriles is 1. The van der Waals surface area contributed by atoms with Gasteiger partial charge in [0.1, 0.15) is 6.04 Å². The molecular formula is C31H30N6O2. The average molecular weight is 519 g/mol. The van der Waals surface area contributed by atoms with E-state index in [1.807, 2.05) is 60.8 Å². The molecule has 196 valence electrons. The Morgan fingerprint density at radius 2 is 1.69 bits per heavy atom. The van der Waals surface area contributed by atoms with E-state index < -0.39 is 18.0 Å². The Balaban J connectivity index is 1.36. The van der Waals surface area contributed by atoms with E-state index in [-0.39, 0.29) is 5.91 Å². The third-order valence-electron chi connectivity index (χ3n) is 7.19. The zero-order chi connectivity index (χ0) is 27.2. The average Bonchev–Trinajstić information content (AvgIpc) is 3.39. The van der Waals surface area contributed by atoms with Crippen LogP contribution >= 0.6 is 0 Å². The number of nitrogens with two attached hydrogens (primary N) is 1. The van der Waals surface area contributed by atoms with Crippen molar-refractivity contribution in [2.45, 2.75) is 44.6 Å². The number of nitrogens with one attached hydrogen (secondary N) is 1. The quantitative estimate of drug-likeness (QED) is 0.353. The van der Waals surface area contributed by atoms with Gasteiger partial charge < -0.3 is 15.6 Å². The Bertz CT molecular complexity index is 1490. The maximum atomic E-state index is 13.7. The topological polar surface area (TPSA) is 117 Å². The summed E-state index contributed by atoms with van der Waals surface area (Å²) in [4.78, 5) is 32.5. The van der Waals surface area contributed by atoms with Gasteiger partial charge in [0.05, 0.1) is 29.7 Å². The number of benzene rings is 3. The minimum absolute atomic E-state index is 0.220. The van der Waals surface area contributed by atoms with Crippen molar-refractivity contribution in [3.05, 3.63) is 125 Å². The third-order valence-corrected chi connectivity index (χ3v) is 7.19. The van der Waals surface area contributed by atoms with Gasteiger partial charge in [-0.15, -0.1) is 0 Å². The predicted octanol–water partition coefficient (Wildman–Crippen LogP) is 2.94. The van der Waals surface area contributed by atoms with Gasteiger partial charge in [0.2, 0.25) is 11.8 Å². The normalized spacial score (nSPS) is 15.6. The fourth-order valence-corrected chi connectivity index (χ4v) is 5.05. The number of rotatable bonds is 9. The van der Waals surface area contributed by atoms with Gasteiger partial charge in [0.15, 0.2) is 0 Å². The molecule has 0 saturated heterocycles. The van der Waals surface area contributed by atoms with Gasteiger partial charge in [-0.2, -0.15) is 5.26 Å². The maximum absolute atomic E-state index is 13.7. The van der Waals surface area contributed by atoms with Gasteiger partial charge in [-0.1, -0.05) is 66.7 Å². The molecule has 0 fully saturated rings. The first-order valence-electron chi connectivity index (χ1n) is 12.9. The molecule has 3 N–H and O–H groups in total. The molecule has 0 saturated carbocycles. The summed E-state index contributed by atoms with van der Waals surface area (Å²) in [5, 5.41) is 12.0.